The van der Waals surface area contributed by atoms with Gasteiger partial charge in [0, 0.05) is 12.1 Å². The Hall–Kier alpha value is -2.27. The highest BCUT2D eigenvalue weighted by molar-refractivity contribution is 7.92. The second-order valence-electron chi connectivity index (χ2n) is 6.54. The Kier molecular flexibility index (Phi) is 5.11. The first-order valence-electron chi connectivity index (χ1n) is 8.37. The van der Waals surface area contributed by atoms with Crippen molar-refractivity contribution >= 4 is 15.7 Å². The van der Waals surface area contributed by atoms with Crippen molar-refractivity contribution in [2.45, 2.75) is 35.7 Å². The van der Waals surface area contributed by atoms with E-state index in [1.54, 1.807) is 24.3 Å². The largest absolute Gasteiger partial charge is 0.430 e. The number of hydrogen-bond donors (Lipinski definition) is 1. The molecule has 0 spiro atoms. The van der Waals surface area contributed by atoms with Crippen molar-refractivity contribution in [2.24, 2.45) is 0 Å². The van der Waals surface area contributed by atoms with E-state index in [4.69, 9.17) is 0 Å². The van der Waals surface area contributed by atoms with E-state index in [0.717, 1.165) is 9.87 Å². The highest BCUT2D eigenvalue weighted by Crippen LogP contribution is 2.50. The molecule has 0 radical (unpaired) electrons. The molecule has 0 aliphatic carbocycles. The molecular weight excluding hydrogens is 424 g/mol. The second kappa shape index (κ2) is 6.91. The molecule has 2 aromatic rings. The molecule has 0 amide bonds. The molecule has 0 aromatic heterocycles. The predicted molar refractivity (Wildman–Crippen MR) is 91.7 cm³/mol. The standard InChI is InChI=1S/C18H15F6NO3S/c19-17(20,21)16(26,18(22,23)24)13-7-9-14(10-8-13)29(27,28)25-11-3-5-12-4-1-2-6-15(12)25/h1-2,4,6-10,26H,3,5,11H2. The predicted octanol–water partition coefficient (Wildman–Crippen LogP) is 4.14. The topological polar surface area (TPSA) is 57.6 Å². The van der Waals surface area contributed by atoms with Crippen molar-refractivity contribution < 1.29 is 39.9 Å². The van der Waals surface area contributed by atoms with Crippen LogP contribution in [0.25, 0.3) is 0 Å². The van der Waals surface area contributed by atoms with Crippen molar-refractivity contribution in [2.75, 3.05) is 10.8 Å². The van der Waals surface area contributed by atoms with E-state index < -0.39 is 38.4 Å². The number of benzene rings is 2. The van der Waals surface area contributed by atoms with Crippen LogP contribution in [0.4, 0.5) is 32.0 Å². The van der Waals surface area contributed by atoms with Gasteiger partial charge in [-0.15, -0.1) is 0 Å². The van der Waals surface area contributed by atoms with Gasteiger partial charge in [-0.25, -0.2) is 8.42 Å². The van der Waals surface area contributed by atoms with E-state index >= 15 is 0 Å². The van der Waals surface area contributed by atoms with E-state index in [-0.39, 0.29) is 6.54 Å². The molecule has 4 nitrogen and oxygen atoms in total. The number of aliphatic hydroxyl groups is 1. The average Bonchev–Trinajstić information content (AvgIpc) is 2.65. The summed E-state index contributed by atoms with van der Waals surface area (Å²) in [6.45, 7) is 0.121. The summed E-state index contributed by atoms with van der Waals surface area (Å²) < 4.78 is 105. The van der Waals surface area contributed by atoms with Gasteiger partial charge in [0.1, 0.15) is 0 Å². The van der Waals surface area contributed by atoms with Crippen molar-refractivity contribution in [3.8, 4) is 0 Å². The first-order chi connectivity index (χ1) is 13.3. The van der Waals surface area contributed by atoms with Crippen LogP contribution >= 0.6 is 0 Å². The normalized spacial score (nSPS) is 15.9. The number of alkyl halides is 6. The number of halogens is 6. The van der Waals surface area contributed by atoms with Gasteiger partial charge in [-0.3, -0.25) is 4.31 Å². The van der Waals surface area contributed by atoms with E-state index in [1.165, 1.54) is 0 Å². The van der Waals surface area contributed by atoms with Gasteiger partial charge in [-0.1, -0.05) is 30.3 Å². The molecule has 29 heavy (non-hydrogen) atoms. The van der Waals surface area contributed by atoms with Crippen LogP contribution in [-0.2, 0) is 22.0 Å². The van der Waals surface area contributed by atoms with Crippen LogP contribution in [0.3, 0.4) is 0 Å². The third-order valence-corrected chi connectivity index (χ3v) is 6.58. The van der Waals surface area contributed by atoms with E-state index in [2.05, 4.69) is 0 Å². The Morgan fingerprint density at radius 1 is 0.862 bits per heavy atom. The van der Waals surface area contributed by atoms with Crippen LogP contribution in [0.15, 0.2) is 53.4 Å². The maximum absolute atomic E-state index is 13.0. The lowest BCUT2D eigenvalue weighted by atomic mass is 9.92. The second-order valence-corrected chi connectivity index (χ2v) is 8.40. The summed E-state index contributed by atoms with van der Waals surface area (Å²) in [5.74, 6) is 0. The van der Waals surface area contributed by atoms with Gasteiger partial charge in [0.25, 0.3) is 15.6 Å². The van der Waals surface area contributed by atoms with Crippen molar-refractivity contribution in [1.29, 1.82) is 0 Å². The molecule has 1 N–H and O–H groups in total. The maximum atomic E-state index is 13.0. The van der Waals surface area contributed by atoms with Crippen LogP contribution in [0.2, 0.25) is 0 Å². The molecule has 1 aliphatic rings. The summed E-state index contributed by atoms with van der Waals surface area (Å²) in [6.07, 6.45) is -10.9. The molecule has 0 saturated heterocycles. The molecule has 0 atom stereocenters. The Morgan fingerprint density at radius 2 is 1.41 bits per heavy atom. The van der Waals surface area contributed by atoms with Crippen molar-refractivity contribution in [3.05, 3.63) is 59.7 Å². The van der Waals surface area contributed by atoms with Gasteiger partial charge >= 0.3 is 12.4 Å². The molecule has 11 heteroatoms. The van der Waals surface area contributed by atoms with Crippen LogP contribution in [0.1, 0.15) is 17.5 Å². The fourth-order valence-corrected chi connectivity index (χ4v) is 4.77. The smallest absolute Gasteiger partial charge is 0.369 e. The van der Waals surface area contributed by atoms with E-state index in [1.807, 2.05) is 0 Å². The molecule has 1 heterocycles. The fourth-order valence-electron chi connectivity index (χ4n) is 3.23. The number of nitrogens with zero attached hydrogens (tertiary/aromatic N) is 1. The summed E-state index contributed by atoms with van der Waals surface area (Å²) in [4.78, 5) is -0.482. The first kappa shape index (κ1) is 21.4. The third kappa shape index (κ3) is 3.46. The Bertz CT molecular complexity index is 985. The van der Waals surface area contributed by atoms with Crippen LogP contribution in [-0.4, -0.2) is 32.4 Å². The summed E-state index contributed by atoms with van der Waals surface area (Å²) >= 11 is 0. The number of hydrogen-bond acceptors (Lipinski definition) is 3. The molecule has 0 fully saturated rings. The molecule has 2 aromatic carbocycles. The molecule has 158 valence electrons. The highest BCUT2D eigenvalue weighted by atomic mass is 32.2. The van der Waals surface area contributed by atoms with Crippen LogP contribution in [0, 0.1) is 0 Å². The van der Waals surface area contributed by atoms with Gasteiger partial charge in [-0.05, 0) is 36.6 Å². The minimum absolute atomic E-state index is 0.121. The molecule has 0 unspecified atom stereocenters. The number of anilines is 1. The van der Waals surface area contributed by atoms with Gasteiger partial charge in [0.15, 0.2) is 0 Å². The SMILES string of the molecule is O=S(=O)(c1ccc(C(O)(C(F)(F)F)C(F)(F)F)cc1)N1CCCc2ccccc21. The zero-order valence-electron chi connectivity index (χ0n) is 14.6. The summed E-state index contributed by atoms with van der Waals surface area (Å²) in [7, 11) is -4.22. The minimum atomic E-state index is -6.04. The monoisotopic (exact) mass is 439 g/mol. The van der Waals surface area contributed by atoms with Gasteiger partial charge in [0.2, 0.25) is 0 Å². The van der Waals surface area contributed by atoms with Crippen LogP contribution < -0.4 is 4.31 Å². The molecule has 0 bridgehead atoms. The van der Waals surface area contributed by atoms with Crippen molar-refractivity contribution in [1.82, 2.24) is 0 Å². The third-order valence-electron chi connectivity index (χ3n) is 4.75. The number of aryl methyl sites for hydroxylation is 1. The van der Waals surface area contributed by atoms with E-state index in [0.29, 0.717) is 42.8 Å². The lowest BCUT2D eigenvalue weighted by Gasteiger charge is -2.33. The van der Waals surface area contributed by atoms with Gasteiger partial charge < -0.3 is 5.11 Å². The molecule has 1 aliphatic heterocycles. The molecule has 3 rings (SSSR count). The van der Waals surface area contributed by atoms with Gasteiger partial charge in [-0.2, -0.15) is 26.3 Å². The van der Waals surface area contributed by atoms with Gasteiger partial charge in [0.05, 0.1) is 10.6 Å². The fraction of sp³-hybridized carbons (Fsp3) is 0.333. The van der Waals surface area contributed by atoms with E-state index in [9.17, 15) is 39.9 Å². The lowest BCUT2D eigenvalue weighted by Crippen LogP contribution is -2.53. The summed E-state index contributed by atoms with van der Waals surface area (Å²) in [5, 5.41) is 9.42. The van der Waals surface area contributed by atoms with Crippen molar-refractivity contribution in [3.63, 3.8) is 0 Å². The average molecular weight is 439 g/mol. The number of sulfonamides is 1. The summed E-state index contributed by atoms with van der Waals surface area (Å²) in [6, 6.07) is 8.59. The number of fused-ring (bicyclic) bond motifs is 1. The number of rotatable bonds is 3. The lowest BCUT2D eigenvalue weighted by molar-refractivity contribution is -0.376. The maximum Gasteiger partial charge on any atom is 0.430 e. The minimum Gasteiger partial charge on any atom is -0.369 e. The molecular formula is C18H15F6NO3S. The zero-order valence-corrected chi connectivity index (χ0v) is 15.4. The van der Waals surface area contributed by atoms with Crippen LogP contribution in [0.5, 0.6) is 0 Å². The Morgan fingerprint density at radius 3 is 1.97 bits per heavy atom. The quantitative estimate of drug-likeness (QED) is 0.732. The zero-order chi connectivity index (χ0) is 21.7. The Labute approximate surface area is 162 Å². The Balaban J connectivity index is 2.03. The number of para-hydroxylation sites is 1. The summed E-state index contributed by atoms with van der Waals surface area (Å²) in [5.41, 5.74) is -5.46. The first-order valence-corrected chi connectivity index (χ1v) is 9.81. The highest BCUT2D eigenvalue weighted by Gasteiger charge is 2.71. The molecule has 0 saturated carbocycles.